The Morgan fingerprint density at radius 2 is 1.00 bits per heavy atom. The van der Waals surface area contributed by atoms with Crippen LogP contribution < -0.4 is 0 Å². The highest BCUT2D eigenvalue weighted by Crippen LogP contribution is 2.17. The minimum Gasteiger partial charge on any atom is -0.376 e. The maximum absolute atomic E-state index is 6.04. The second kappa shape index (κ2) is 13.4. The zero-order valence-electron chi connectivity index (χ0n) is 13.0. The molecule has 2 heteroatoms. The van der Waals surface area contributed by atoms with Crippen molar-refractivity contribution in [3.05, 3.63) is 0 Å². The van der Waals surface area contributed by atoms with Gasteiger partial charge in [-0.15, -0.1) is 0 Å². The largest absolute Gasteiger partial charge is 0.376 e. The summed E-state index contributed by atoms with van der Waals surface area (Å²) >= 11 is 0. The average molecular weight is 258 g/mol. The highest BCUT2D eigenvalue weighted by Gasteiger charge is 2.21. The number of unbranched alkanes of at least 4 members (excludes halogenated alkanes) is 2. The molecule has 18 heavy (non-hydrogen) atoms. The van der Waals surface area contributed by atoms with Crippen molar-refractivity contribution in [2.45, 2.75) is 91.3 Å². The second-order valence-corrected chi connectivity index (χ2v) is 5.10. The molecule has 0 radical (unpaired) electrons. The molecule has 0 bridgehead atoms. The first-order valence-electron chi connectivity index (χ1n) is 8.03. The summed E-state index contributed by atoms with van der Waals surface area (Å²) in [4.78, 5) is 0. The van der Waals surface area contributed by atoms with Crippen molar-refractivity contribution in [1.29, 1.82) is 0 Å². The zero-order chi connectivity index (χ0) is 13.6. The molecule has 0 N–H and O–H groups in total. The van der Waals surface area contributed by atoms with Crippen LogP contribution in [-0.2, 0) is 9.47 Å². The van der Waals surface area contributed by atoms with Gasteiger partial charge in [0.25, 0.3) is 0 Å². The molecule has 2 atom stereocenters. The van der Waals surface area contributed by atoms with Crippen molar-refractivity contribution in [2.24, 2.45) is 0 Å². The SMILES string of the molecule is CCCCOC(CCC)C(CCC)OCCCC. The van der Waals surface area contributed by atoms with Crippen LogP contribution >= 0.6 is 0 Å². The molecule has 0 fully saturated rings. The number of hydrogen-bond donors (Lipinski definition) is 0. The van der Waals surface area contributed by atoms with Crippen LogP contribution in [0.25, 0.3) is 0 Å². The summed E-state index contributed by atoms with van der Waals surface area (Å²) in [6, 6.07) is 0. The number of rotatable bonds is 13. The normalized spacial score (nSPS) is 14.7. The third-order valence-corrected chi connectivity index (χ3v) is 3.22. The minimum absolute atomic E-state index is 0.304. The standard InChI is InChI=1S/C16H34O2/c1-5-9-13-17-15(11-7-3)16(12-8-4)18-14-10-6-2/h15-16H,5-14H2,1-4H3. The summed E-state index contributed by atoms with van der Waals surface area (Å²) in [6.07, 6.45) is 9.93. The van der Waals surface area contributed by atoms with Gasteiger partial charge in [0.05, 0.1) is 12.2 Å². The van der Waals surface area contributed by atoms with Crippen molar-refractivity contribution in [2.75, 3.05) is 13.2 Å². The molecular weight excluding hydrogens is 224 g/mol. The Bertz CT molecular complexity index is 141. The minimum atomic E-state index is 0.304. The van der Waals surface area contributed by atoms with E-state index >= 15 is 0 Å². The van der Waals surface area contributed by atoms with Crippen molar-refractivity contribution in [1.82, 2.24) is 0 Å². The molecule has 0 saturated heterocycles. The predicted octanol–water partition coefficient (Wildman–Crippen LogP) is 4.96. The van der Waals surface area contributed by atoms with Crippen LogP contribution in [0.3, 0.4) is 0 Å². The van der Waals surface area contributed by atoms with Crippen LogP contribution in [-0.4, -0.2) is 25.4 Å². The van der Waals surface area contributed by atoms with E-state index < -0.39 is 0 Å². The van der Waals surface area contributed by atoms with E-state index in [9.17, 15) is 0 Å². The van der Waals surface area contributed by atoms with Gasteiger partial charge in [0, 0.05) is 13.2 Å². The van der Waals surface area contributed by atoms with Gasteiger partial charge in [-0.1, -0.05) is 53.4 Å². The molecule has 0 heterocycles. The van der Waals surface area contributed by atoms with Gasteiger partial charge in [0.1, 0.15) is 0 Å². The molecule has 2 nitrogen and oxygen atoms in total. The molecule has 110 valence electrons. The quantitative estimate of drug-likeness (QED) is 0.435. The molecule has 0 rings (SSSR count). The van der Waals surface area contributed by atoms with Crippen molar-refractivity contribution in [3.63, 3.8) is 0 Å². The predicted molar refractivity (Wildman–Crippen MR) is 79.1 cm³/mol. The van der Waals surface area contributed by atoms with E-state index in [0.29, 0.717) is 12.2 Å². The van der Waals surface area contributed by atoms with Crippen LogP contribution in [0.4, 0.5) is 0 Å². The zero-order valence-corrected chi connectivity index (χ0v) is 13.0. The second-order valence-electron chi connectivity index (χ2n) is 5.10. The fourth-order valence-electron chi connectivity index (χ4n) is 2.08. The lowest BCUT2D eigenvalue weighted by molar-refractivity contribution is -0.0811. The fourth-order valence-corrected chi connectivity index (χ4v) is 2.08. The van der Waals surface area contributed by atoms with E-state index in [4.69, 9.17) is 9.47 Å². The Balaban J connectivity index is 4.15. The van der Waals surface area contributed by atoms with Gasteiger partial charge in [-0.3, -0.25) is 0 Å². The van der Waals surface area contributed by atoms with Gasteiger partial charge in [0.15, 0.2) is 0 Å². The van der Waals surface area contributed by atoms with Crippen LogP contribution in [0.5, 0.6) is 0 Å². The van der Waals surface area contributed by atoms with Crippen molar-refractivity contribution >= 4 is 0 Å². The van der Waals surface area contributed by atoms with Crippen LogP contribution in [0.15, 0.2) is 0 Å². The van der Waals surface area contributed by atoms with Gasteiger partial charge in [-0.25, -0.2) is 0 Å². The lowest BCUT2D eigenvalue weighted by Crippen LogP contribution is -2.32. The first kappa shape index (κ1) is 17.9. The molecule has 0 aromatic rings. The molecular formula is C16H34O2. The van der Waals surface area contributed by atoms with E-state index in [-0.39, 0.29) is 0 Å². The molecule has 0 aliphatic rings. The number of hydrogen-bond acceptors (Lipinski definition) is 2. The van der Waals surface area contributed by atoms with Gasteiger partial charge in [0.2, 0.25) is 0 Å². The maximum Gasteiger partial charge on any atom is 0.0836 e. The summed E-state index contributed by atoms with van der Waals surface area (Å²) in [6.45, 7) is 10.6. The molecule has 0 spiro atoms. The Kier molecular flexibility index (Phi) is 13.3. The van der Waals surface area contributed by atoms with Gasteiger partial charge in [-0.05, 0) is 25.7 Å². The number of ether oxygens (including phenoxy) is 2. The Labute approximate surface area is 114 Å². The summed E-state index contributed by atoms with van der Waals surface area (Å²) in [7, 11) is 0. The first-order valence-corrected chi connectivity index (χ1v) is 8.03. The third-order valence-electron chi connectivity index (χ3n) is 3.22. The highest BCUT2D eigenvalue weighted by molar-refractivity contribution is 4.71. The summed E-state index contributed by atoms with van der Waals surface area (Å²) in [5, 5.41) is 0. The highest BCUT2D eigenvalue weighted by atomic mass is 16.5. The van der Waals surface area contributed by atoms with E-state index in [0.717, 1.165) is 38.9 Å². The van der Waals surface area contributed by atoms with Crippen LogP contribution in [0.1, 0.15) is 79.1 Å². The maximum atomic E-state index is 6.04. The van der Waals surface area contributed by atoms with Gasteiger partial charge >= 0.3 is 0 Å². The van der Waals surface area contributed by atoms with Crippen LogP contribution in [0, 0.1) is 0 Å². The van der Waals surface area contributed by atoms with E-state index in [1.807, 2.05) is 0 Å². The molecule has 2 unspecified atom stereocenters. The van der Waals surface area contributed by atoms with E-state index in [2.05, 4.69) is 27.7 Å². The van der Waals surface area contributed by atoms with Crippen molar-refractivity contribution in [3.8, 4) is 0 Å². The molecule has 0 aliphatic heterocycles. The molecule has 0 aromatic heterocycles. The smallest absolute Gasteiger partial charge is 0.0836 e. The molecule has 0 amide bonds. The van der Waals surface area contributed by atoms with E-state index in [1.165, 1.54) is 25.7 Å². The van der Waals surface area contributed by atoms with Gasteiger partial charge < -0.3 is 9.47 Å². The Hall–Kier alpha value is -0.0800. The van der Waals surface area contributed by atoms with Crippen molar-refractivity contribution < 1.29 is 9.47 Å². The lowest BCUT2D eigenvalue weighted by Gasteiger charge is -2.27. The molecule has 0 aromatic carbocycles. The summed E-state index contributed by atoms with van der Waals surface area (Å²) < 4.78 is 12.1. The lowest BCUT2D eigenvalue weighted by atomic mass is 10.0. The fraction of sp³-hybridized carbons (Fsp3) is 1.00. The summed E-state index contributed by atoms with van der Waals surface area (Å²) in [5.41, 5.74) is 0. The topological polar surface area (TPSA) is 18.5 Å². The Morgan fingerprint density at radius 3 is 1.28 bits per heavy atom. The van der Waals surface area contributed by atoms with Gasteiger partial charge in [-0.2, -0.15) is 0 Å². The Morgan fingerprint density at radius 1 is 0.611 bits per heavy atom. The van der Waals surface area contributed by atoms with Crippen LogP contribution in [0.2, 0.25) is 0 Å². The first-order chi connectivity index (χ1) is 8.79. The van der Waals surface area contributed by atoms with E-state index in [1.54, 1.807) is 0 Å². The molecule has 0 saturated carbocycles. The third kappa shape index (κ3) is 8.93. The molecule has 0 aliphatic carbocycles. The monoisotopic (exact) mass is 258 g/mol. The average Bonchev–Trinajstić information content (AvgIpc) is 2.37. The summed E-state index contributed by atoms with van der Waals surface area (Å²) in [5.74, 6) is 0.